The van der Waals surface area contributed by atoms with Gasteiger partial charge < -0.3 is 9.88 Å². The van der Waals surface area contributed by atoms with Crippen LogP contribution in [0.2, 0.25) is 0 Å². The Kier molecular flexibility index (Phi) is 3.64. The van der Waals surface area contributed by atoms with E-state index in [0.717, 1.165) is 0 Å². The van der Waals surface area contributed by atoms with Crippen LogP contribution in [-0.2, 0) is 6.54 Å². The van der Waals surface area contributed by atoms with E-state index in [2.05, 4.69) is 5.32 Å². The monoisotopic (exact) mass is 262 g/mol. The molecule has 1 N–H and O–H groups in total. The minimum Gasteiger partial charge on any atom is -0.354 e. The highest BCUT2D eigenvalue weighted by molar-refractivity contribution is 5.96. The molecule has 0 spiro atoms. The maximum absolute atomic E-state index is 13.2. The van der Waals surface area contributed by atoms with E-state index in [9.17, 15) is 14.0 Å². The molecule has 0 bridgehead atoms. The number of aromatic nitrogens is 1. The van der Waals surface area contributed by atoms with E-state index >= 15 is 0 Å². The van der Waals surface area contributed by atoms with Gasteiger partial charge in [0.25, 0.3) is 11.5 Å². The Morgan fingerprint density at radius 2 is 2.11 bits per heavy atom. The molecular formula is C14H15FN2O2. The first-order valence-electron chi connectivity index (χ1n) is 6.13. The number of nitrogens with one attached hydrogen (secondary N) is 1. The van der Waals surface area contributed by atoms with Crippen molar-refractivity contribution >= 4 is 16.7 Å². The van der Waals surface area contributed by atoms with E-state index in [1.165, 1.54) is 29.8 Å². The summed E-state index contributed by atoms with van der Waals surface area (Å²) in [7, 11) is 1.51. The molecule has 0 aliphatic carbocycles. The average molecular weight is 262 g/mol. The summed E-state index contributed by atoms with van der Waals surface area (Å²) in [6.07, 6.45) is 0.713. The van der Waals surface area contributed by atoms with Crippen LogP contribution in [0.15, 0.2) is 29.1 Å². The van der Waals surface area contributed by atoms with Crippen molar-refractivity contribution in [2.45, 2.75) is 19.9 Å². The number of halogens is 1. The van der Waals surface area contributed by atoms with Gasteiger partial charge in [0, 0.05) is 13.6 Å². The zero-order valence-electron chi connectivity index (χ0n) is 10.9. The highest BCUT2D eigenvalue weighted by Gasteiger charge is 2.14. The third kappa shape index (κ3) is 2.36. The second-order valence-electron chi connectivity index (χ2n) is 4.30. The fourth-order valence-corrected chi connectivity index (χ4v) is 2.08. The molecule has 0 radical (unpaired) electrons. The van der Waals surface area contributed by atoms with Gasteiger partial charge >= 0.3 is 0 Å². The number of amides is 1. The number of carbonyl (C=O) groups excluding carboxylic acids is 1. The number of nitrogens with zero attached hydrogens (tertiary/aromatic N) is 1. The van der Waals surface area contributed by atoms with Crippen LogP contribution in [-0.4, -0.2) is 17.5 Å². The molecular weight excluding hydrogens is 247 g/mol. The normalized spacial score (nSPS) is 10.7. The molecule has 0 fully saturated rings. The summed E-state index contributed by atoms with van der Waals surface area (Å²) in [6, 6.07) is 5.61. The summed E-state index contributed by atoms with van der Waals surface area (Å²) in [6.45, 7) is 2.34. The highest BCUT2D eigenvalue weighted by Crippen LogP contribution is 2.14. The highest BCUT2D eigenvalue weighted by atomic mass is 19.1. The quantitative estimate of drug-likeness (QED) is 0.918. The fraction of sp³-hybridized carbons (Fsp3) is 0.286. The molecule has 0 saturated heterocycles. The Morgan fingerprint density at radius 3 is 2.74 bits per heavy atom. The molecule has 0 saturated carbocycles. The predicted molar refractivity (Wildman–Crippen MR) is 71.8 cm³/mol. The smallest absolute Gasteiger partial charge is 0.267 e. The number of rotatable bonds is 3. The van der Waals surface area contributed by atoms with Gasteiger partial charge in [-0.05, 0) is 30.0 Å². The van der Waals surface area contributed by atoms with Crippen LogP contribution in [0, 0.1) is 5.82 Å². The Hall–Kier alpha value is -2.17. The average Bonchev–Trinajstić information content (AvgIpc) is 2.41. The molecule has 1 aromatic heterocycles. The lowest BCUT2D eigenvalue weighted by Crippen LogP contribution is -2.30. The molecule has 2 rings (SSSR count). The summed E-state index contributed by atoms with van der Waals surface area (Å²) < 4.78 is 14.6. The number of fused-ring (bicyclic) bond motifs is 1. The van der Waals surface area contributed by atoms with Crippen molar-refractivity contribution in [1.82, 2.24) is 9.88 Å². The molecule has 1 heterocycles. The van der Waals surface area contributed by atoms with Crippen molar-refractivity contribution in [3.05, 3.63) is 46.1 Å². The van der Waals surface area contributed by atoms with Gasteiger partial charge in [0.2, 0.25) is 0 Å². The first-order valence-corrected chi connectivity index (χ1v) is 6.13. The van der Waals surface area contributed by atoms with Crippen molar-refractivity contribution in [3.8, 4) is 0 Å². The second kappa shape index (κ2) is 5.22. The van der Waals surface area contributed by atoms with Crippen LogP contribution < -0.4 is 10.9 Å². The third-order valence-electron chi connectivity index (χ3n) is 2.98. The van der Waals surface area contributed by atoms with Gasteiger partial charge in [0.1, 0.15) is 11.5 Å². The summed E-state index contributed by atoms with van der Waals surface area (Å²) in [5.74, 6) is -0.780. The number of pyridine rings is 1. The van der Waals surface area contributed by atoms with Crippen LogP contribution in [0.1, 0.15) is 23.8 Å². The van der Waals surface area contributed by atoms with E-state index in [1.807, 2.05) is 6.92 Å². The van der Waals surface area contributed by atoms with Gasteiger partial charge in [-0.3, -0.25) is 9.59 Å². The van der Waals surface area contributed by atoms with Gasteiger partial charge in [0.15, 0.2) is 0 Å². The third-order valence-corrected chi connectivity index (χ3v) is 2.98. The van der Waals surface area contributed by atoms with E-state index in [4.69, 9.17) is 0 Å². The standard InChI is InChI=1S/C14H15FN2O2/c1-3-6-17-12(13(18)16-2)7-9-4-5-10(15)8-11(9)14(17)19/h4-5,7-8H,3,6H2,1-2H3,(H,16,18). The molecule has 0 unspecified atom stereocenters. The molecule has 100 valence electrons. The Morgan fingerprint density at radius 1 is 1.37 bits per heavy atom. The molecule has 0 aliphatic rings. The largest absolute Gasteiger partial charge is 0.354 e. The van der Waals surface area contributed by atoms with Crippen molar-refractivity contribution < 1.29 is 9.18 Å². The van der Waals surface area contributed by atoms with Crippen molar-refractivity contribution in [2.24, 2.45) is 0 Å². The first-order chi connectivity index (χ1) is 9.08. The molecule has 19 heavy (non-hydrogen) atoms. The summed E-state index contributed by atoms with van der Waals surface area (Å²) in [5, 5.41) is 3.37. The number of hydrogen-bond donors (Lipinski definition) is 1. The van der Waals surface area contributed by atoms with E-state index in [1.54, 1.807) is 6.07 Å². The number of benzene rings is 1. The van der Waals surface area contributed by atoms with Gasteiger partial charge in [-0.25, -0.2) is 4.39 Å². The zero-order chi connectivity index (χ0) is 14.0. The first kappa shape index (κ1) is 13.3. The van der Waals surface area contributed by atoms with Crippen molar-refractivity contribution in [3.63, 3.8) is 0 Å². The SMILES string of the molecule is CCCn1c(C(=O)NC)cc2ccc(F)cc2c1=O. The Labute approximate surface area is 109 Å². The molecule has 0 atom stereocenters. The predicted octanol–water partition coefficient (Wildman–Crippen LogP) is 1.91. The summed E-state index contributed by atoms with van der Waals surface area (Å²) in [4.78, 5) is 24.2. The summed E-state index contributed by atoms with van der Waals surface area (Å²) in [5.41, 5.74) is -0.0362. The molecule has 5 heteroatoms. The van der Waals surface area contributed by atoms with E-state index < -0.39 is 5.82 Å². The summed E-state index contributed by atoms with van der Waals surface area (Å²) >= 11 is 0. The molecule has 1 amide bonds. The van der Waals surface area contributed by atoms with Gasteiger partial charge in [-0.2, -0.15) is 0 Å². The maximum atomic E-state index is 13.2. The van der Waals surface area contributed by atoms with Crippen molar-refractivity contribution in [1.29, 1.82) is 0 Å². The molecule has 2 aromatic rings. The Bertz CT molecular complexity index is 692. The topological polar surface area (TPSA) is 51.1 Å². The second-order valence-corrected chi connectivity index (χ2v) is 4.30. The van der Waals surface area contributed by atoms with Gasteiger partial charge in [-0.15, -0.1) is 0 Å². The lowest BCUT2D eigenvalue weighted by molar-refractivity contribution is 0.0952. The van der Waals surface area contributed by atoms with E-state index in [0.29, 0.717) is 29.4 Å². The van der Waals surface area contributed by atoms with Crippen LogP contribution >= 0.6 is 0 Å². The lowest BCUT2D eigenvalue weighted by atomic mass is 10.1. The number of hydrogen-bond acceptors (Lipinski definition) is 2. The maximum Gasteiger partial charge on any atom is 0.267 e. The fourth-order valence-electron chi connectivity index (χ4n) is 2.08. The van der Waals surface area contributed by atoms with Crippen LogP contribution in [0.25, 0.3) is 10.8 Å². The zero-order valence-corrected chi connectivity index (χ0v) is 10.9. The minimum atomic E-state index is -0.458. The van der Waals surface area contributed by atoms with Crippen LogP contribution in [0.3, 0.4) is 0 Å². The molecule has 1 aromatic carbocycles. The number of carbonyl (C=O) groups is 1. The van der Waals surface area contributed by atoms with Crippen molar-refractivity contribution in [2.75, 3.05) is 7.05 Å². The van der Waals surface area contributed by atoms with Gasteiger partial charge in [-0.1, -0.05) is 13.0 Å². The minimum absolute atomic E-state index is 0.293. The Balaban J connectivity index is 2.81. The van der Waals surface area contributed by atoms with E-state index in [-0.39, 0.29) is 11.5 Å². The van der Waals surface area contributed by atoms with Gasteiger partial charge in [0.05, 0.1) is 5.39 Å². The van der Waals surface area contributed by atoms with Crippen LogP contribution in [0.5, 0.6) is 0 Å². The lowest BCUT2D eigenvalue weighted by Gasteiger charge is -2.12. The molecule has 0 aliphatic heterocycles. The molecule has 4 nitrogen and oxygen atoms in total. The van der Waals surface area contributed by atoms with Crippen LogP contribution in [0.4, 0.5) is 4.39 Å².